The first-order chi connectivity index (χ1) is 29.6. The van der Waals surface area contributed by atoms with Crippen molar-refractivity contribution in [2.75, 3.05) is 10.6 Å². The molecule has 8 aromatic rings. The fourth-order valence-corrected chi connectivity index (χ4v) is 7.23. The summed E-state index contributed by atoms with van der Waals surface area (Å²) in [5, 5.41) is 59.2. The number of aromatic hydroxyl groups is 2. The van der Waals surface area contributed by atoms with E-state index >= 15 is 0 Å². The predicted octanol–water partition coefficient (Wildman–Crippen LogP) is 11.9. The van der Waals surface area contributed by atoms with Gasteiger partial charge in [-0.3, -0.25) is 24.5 Å². The molecular formula is C47H29N7O7. The number of azo groups is 2. The van der Waals surface area contributed by atoms with Gasteiger partial charge < -0.3 is 20.8 Å². The standard InChI is InChI=1S/C47H29N7O7/c55-43-35-24-29(50-52-41-31-14-6-4-10-26(31)22-37(44(41)56)46(58)48-28-12-2-1-3-13-28)18-20-33(35)34-21-19-30(25-36(34)43)51-53-42-32-15-7-5-11-27(32)23-38(45(42)57)47(59)49-39-16-8-9-17-40(39)54(60)61/h1-25,56-57H,(H,48,58)(H,49,59). The number of hydrogen-bond donors (Lipinski definition) is 4. The van der Waals surface area contributed by atoms with Gasteiger partial charge in [0.2, 0.25) is 0 Å². The number of phenols is 2. The molecule has 14 heteroatoms. The molecule has 0 saturated carbocycles. The van der Waals surface area contributed by atoms with Gasteiger partial charge in [-0.25, -0.2) is 0 Å². The Kier molecular flexibility index (Phi) is 9.54. The molecule has 0 radical (unpaired) electrons. The number of ketones is 1. The molecular weight excluding hydrogens is 775 g/mol. The molecule has 61 heavy (non-hydrogen) atoms. The quantitative estimate of drug-likeness (QED) is 0.0629. The zero-order chi connectivity index (χ0) is 42.2. The van der Waals surface area contributed by atoms with Crippen LogP contribution >= 0.6 is 0 Å². The van der Waals surface area contributed by atoms with Crippen molar-refractivity contribution in [2.24, 2.45) is 20.5 Å². The molecule has 0 saturated heterocycles. The summed E-state index contributed by atoms with van der Waals surface area (Å²) in [5.74, 6) is -2.45. The van der Waals surface area contributed by atoms with Crippen LogP contribution in [-0.2, 0) is 0 Å². The molecule has 1 aliphatic carbocycles. The Morgan fingerprint density at radius 1 is 0.525 bits per heavy atom. The van der Waals surface area contributed by atoms with Gasteiger partial charge in [0, 0.05) is 33.7 Å². The van der Waals surface area contributed by atoms with Crippen molar-refractivity contribution in [3.63, 3.8) is 0 Å². The number of anilines is 2. The number of fused-ring (bicyclic) bond motifs is 5. The van der Waals surface area contributed by atoms with Crippen molar-refractivity contribution < 1.29 is 29.5 Å². The summed E-state index contributed by atoms with van der Waals surface area (Å²) >= 11 is 0. The number of benzene rings is 8. The van der Waals surface area contributed by atoms with Crippen molar-refractivity contribution >= 4 is 79.0 Å². The van der Waals surface area contributed by atoms with Gasteiger partial charge in [-0.2, -0.15) is 10.2 Å². The summed E-state index contributed by atoms with van der Waals surface area (Å²) in [7, 11) is 0. The number of hydrogen-bond acceptors (Lipinski definition) is 11. The Bertz CT molecular complexity index is 3220. The van der Waals surface area contributed by atoms with E-state index in [1.807, 2.05) is 12.1 Å². The Hall–Kier alpha value is -8.91. The molecule has 0 bridgehead atoms. The van der Waals surface area contributed by atoms with E-state index in [0.29, 0.717) is 55.2 Å². The molecule has 0 unspecified atom stereocenters. The number of carbonyl (C=O) groups excluding carboxylic acids is 3. The second-order valence-electron chi connectivity index (χ2n) is 13.9. The maximum atomic E-state index is 13.8. The zero-order valence-electron chi connectivity index (χ0n) is 31.6. The van der Waals surface area contributed by atoms with Gasteiger partial charge in [0.05, 0.1) is 27.4 Å². The van der Waals surface area contributed by atoms with Crippen molar-refractivity contribution in [3.8, 4) is 22.6 Å². The molecule has 1 aliphatic rings. The van der Waals surface area contributed by atoms with Crippen molar-refractivity contribution in [1.29, 1.82) is 0 Å². The zero-order valence-corrected chi connectivity index (χ0v) is 31.6. The van der Waals surface area contributed by atoms with E-state index in [1.54, 1.807) is 115 Å². The van der Waals surface area contributed by atoms with Crippen LogP contribution in [-0.4, -0.2) is 32.7 Å². The third-order valence-corrected chi connectivity index (χ3v) is 10.2. The number of phenolic OH excluding ortho intramolecular Hbond substituents is 2. The van der Waals surface area contributed by atoms with E-state index in [0.717, 1.165) is 0 Å². The highest BCUT2D eigenvalue weighted by Gasteiger charge is 2.28. The van der Waals surface area contributed by atoms with Crippen LogP contribution in [0.25, 0.3) is 32.7 Å². The van der Waals surface area contributed by atoms with Gasteiger partial charge >= 0.3 is 0 Å². The van der Waals surface area contributed by atoms with Crippen LogP contribution in [0.1, 0.15) is 36.6 Å². The van der Waals surface area contributed by atoms with Crippen LogP contribution in [0.15, 0.2) is 172 Å². The topological polar surface area (TPSA) is 208 Å². The lowest BCUT2D eigenvalue weighted by molar-refractivity contribution is -0.383. The fourth-order valence-electron chi connectivity index (χ4n) is 7.23. The van der Waals surface area contributed by atoms with Gasteiger partial charge in [-0.15, -0.1) is 10.2 Å². The van der Waals surface area contributed by atoms with Gasteiger partial charge in [-0.1, -0.05) is 91.0 Å². The van der Waals surface area contributed by atoms with Crippen LogP contribution in [0.4, 0.5) is 39.8 Å². The monoisotopic (exact) mass is 803 g/mol. The minimum absolute atomic E-state index is 0.0157. The first kappa shape index (κ1) is 37.7. The van der Waals surface area contributed by atoms with Crippen molar-refractivity contribution in [1.82, 2.24) is 0 Å². The second kappa shape index (κ2) is 15.4. The largest absolute Gasteiger partial charge is 0.505 e. The van der Waals surface area contributed by atoms with Gasteiger partial charge in [0.1, 0.15) is 17.1 Å². The normalized spacial score (nSPS) is 11.9. The van der Waals surface area contributed by atoms with E-state index in [1.165, 1.54) is 24.3 Å². The fraction of sp³-hybridized carbons (Fsp3) is 0. The van der Waals surface area contributed by atoms with E-state index in [-0.39, 0.29) is 51.1 Å². The summed E-state index contributed by atoms with van der Waals surface area (Å²) in [6, 6.07) is 41.7. The molecule has 0 aromatic heterocycles. The lowest BCUT2D eigenvalue weighted by Crippen LogP contribution is -2.13. The lowest BCUT2D eigenvalue weighted by atomic mass is 10.0. The molecule has 294 valence electrons. The van der Waals surface area contributed by atoms with E-state index in [2.05, 4.69) is 31.1 Å². The Morgan fingerprint density at radius 2 is 1.00 bits per heavy atom. The highest BCUT2D eigenvalue weighted by Crippen LogP contribution is 2.44. The number of nitro groups is 1. The Balaban J connectivity index is 0.994. The second-order valence-corrected chi connectivity index (χ2v) is 13.9. The van der Waals surface area contributed by atoms with Crippen LogP contribution in [0.2, 0.25) is 0 Å². The number of nitrogens with zero attached hydrogens (tertiary/aromatic N) is 5. The van der Waals surface area contributed by atoms with Crippen LogP contribution in [0.3, 0.4) is 0 Å². The molecule has 14 nitrogen and oxygen atoms in total. The number of carbonyl (C=O) groups is 3. The lowest BCUT2D eigenvalue weighted by Gasteiger charge is -2.11. The molecule has 9 rings (SSSR count). The number of nitro benzene ring substituents is 1. The van der Waals surface area contributed by atoms with Crippen molar-refractivity contribution in [2.45, 2.75) is 0 Å². The first-order valence-corrected chi connectivity index (χ1v) is 18.7. The highest BCUT2D eigenvalue weighted by atomic mass is 16.6. The minimum Gasteiger partial charge on any atom is -0.505 e. The molecule has 0 aliphatic heterocycles. The summed E-state index contributed by atoms with van der Waals surface area (Å²) < 4.78 is 0. The van der Waals surface area contributed by atoms with Crippen LogP contribution < -0.4 is 10.6 Å². The minimum atomic E-state index is -0.793. The summed E-state index contributed by atoms with van der Waals surface area (Å²) in [6.45, 7) is 0. The maximum absolute atomic E-state index is 13.8. The maximum Gasteiger partial charge on any atom is 0.292 e. The number of rotatable bonds is 9. The summed E-state index contributed by atoms with van der Waals surface area (Å²) in [4.78, 5) is 51.4. The van der Waals surface area contributed by atoms with Crippen LogP contribution in [0.5, 0.6) is 11.5 Å². The SMILES string of the molecule is O=C1c2cc(N=Nc3c(O)c(C(=O)Nc4ccccc4)cc4ccccc34)ccc2-c2ccc(N=Nc3c(O)c(C(=O)Nc4ccccc4[N+](=O)[O-])cc4ccccc34)cc21. The number of nitrogens with one attached hydrogen (secondary N) is 2. The first-order valence-electron chi connectivity index (χ1n) is 18.7. The number of para-hydroxylation sites is 3. The van der Waals surface area contributed by atoms with E-state index in [4.69, 9.17) is 0 Å². The third-order valence-electron chi connectivity index (χ3n) is 10.2. The molecule has 4 N–H and O–H groups in total. The summed E-state index contributed by atoms with van der Waals surface area (Å²) in [6.07, 6.45) is 0. The molecule has 8 aromatic carbocycles. The molecule has 0 atom stereocenters. The number of amides is 2. The smallest absolute Gasteiger partial charge is 0.292 e. The molecule has 0 heterocycles. The van der Waals surface area contributed by atoms with Gasteiger partial charge in [0.15, 0.2) is 17.3 Å². The van der Waals surface area contributed by atoms with E-state index in [9.17, 15) is 34.7 Å². The van der Waals surface area contributed by atoms with Gasteiger partial charge in [-0.05, 0) is 76.5 Å². The molecule has 0 spiro atoms. The average molecular weight is 804 g/mol. The van der Waals surface area contributed by atoms with Gasteiger partial charge in [0.25, 0.3) is 17.5 Å². The van der Waals surface area contributed by atoms with Crippen LogP contribution in [0, 0.1) is 10.1 Å². The Labute approximate surface area is 345 Å². The predicted molar refractivity (Wildman–Crippen MR) is 230 cm³/mol. The van der Waals surface area contributed by atoms with E-state index < -0.39 is 22.5 Å². The Morgan fingerprint density at radius 3 is 1.54 bits per heavy atom. The average Bonchev–Trinajstić information content (AvgIpc) is 3.55. The highest BCUT2D eigenvalue weighted by molar-refractivity contribution is 6.22. The van der Waals surface area contributed by atoms with Crippen molar-refractivity contribution in [3.05, 3.63) is 184 Å². The third kappa shape index (κ3) is 7.06. The molecule has 0 fully saturated rings. The molecule has 2 amide bonds. The summed E-state index contributed by atoms with van der Waals surface area (Å²) in [5.41, 5.74) is 2.77.